The second-order valence-electron chi connectivity index (χ2n) is 6.98. The molecule has 138 valence electrons. The lowest BCUT2D eigenvalue weighted by atomic mass is 9.95. The summed E-state index contributed by atoms with van der Waals surface area (Å²) in [7, 11) is 0. The smallest absolute Gasteiger partial charge is 0.222 e. The Hall–Kier alpha value is -3.15. The van der Waals surface area contributed by atoms with E-state index in [-0.39, 0.29) is 5.95 Å². The zero-order valence-electron chi connectivity index (χ0n) is 15.1. The molecule has 0 radical (unpaired) electrons. The highest BCUT2D eigenvalue weighted by atomic mass is 16.1. The summed E-state index contributed by atoms with van der Waals surface area (Å²) < 4.78 is 0. The van der Waals surface area contributed by atoms with Crippen molar-refractivity contribution in [3.05, 3.63) is 42.5 Å². The summed E-state index contributed by atoms with van der Waals surface area (Å²) in [6.45, 7) is 0. The number of fused-ring (bicyclic) bond motifs is 1. The Labute approximate surface area is 158 Å². The molecule has 3 aromatic rings. The van der Waals surface area contributed by atoms with Gasteiger partial charge in [-0.15, -0.1) is 0 Å². The van der Waals surface area contributed by atoms with Gasteiger partial charge in [0.15, 0.2) is 0 Å². The summed E-state index contributed by atoms with van der Waals surface area (Å²) in [6, 6.07) is 14.2. The van der Waals surface area contributed by atoms with Crippen LogP contribution in [0.2, 0.25) is 0 Å². The minimum Gasteiger partial charge on any atom is -0.368 e. The molecule has 2 aromatic carbocycles. The predicted octanol–water partition coefficient (Wildman–Crippen LogP) is 4.19. The molecule has 0 bridgehead atoms. The average Bonchev–Trinajstić information content (AvgIpc) is 2.69. The number of nitrogen functional groups attached to an aromatic ring is 1. The summed E-state index contributed by atoms with van der Waals surface area (Å²) in [5.41, 5.74) is 9.57. The fraction of sp³-hybridized carbons (Fsp3) is 0.286. The lowest BCUT2D eigenvalue weighted by Gasteiger charge is -2.24. The second kappa shape index (κ2) is 7.61. The number of nitrogens with zero attached hydrogens (tertiary/aromatic N) is 2. The molecule has 4 N–H and O–H groups in total. The molecule has 0 spiro atoms. The number of hydrogen-bond donors (Lipinski definition) is 3. The first-order chi connectivity index (χ1) is 13.2. The quantitative estimate of drug-likeness (QED) is 0.593. The summed E-state index contributed by atoms with van der Waals surface area (Å²) in [4.78, 5) is 19.6. The van der Waals surface area contributed by atoms with Crippen LogP contribution in [0.1, 0.15) is 32.1 Å². The molecule has 0 atom stereocenters. The number of carbonyl (C=O) groups is 1. The van der Waals surface area contributed by atoms with Gasteiger partial charge in [-0.1, -0.05) is 37.5 Å². The van der Waals surface area contributed by atoms with Gasteiger partial charge in [-0.05, 0) is 48.2 Å². The lowest BCUT2D eigenvalue weighted by Crippen LogP contribution is -2.23. The number of carbonyl (C=O) groups excluding carboxylic acids is 1. The standard InChI is InChI=1S/C21H23N5O/c22-21-25-19-10-9-15(14-5-4-8-17(11-14)23-13-27)12-18(19)20(26-21)24-16-6-2-1-3-7-16/h4-5,8-13,16H,1-3,6-7H2,(H,23,27)(H3,22,24,25,26). The highest BCUT2D eigenvalue weighted by Crippen LogP contribution is 2.30. The SMILES string of the molecule is Nc1nc(NC2CCCCC2)c2cc(-c3cccc(NC=O)c3)ccc2n1. The van der Waals surface area contributed by atoms with E-state index in [1.807, 2.05) is 36.4 Å². The number of amides is 1. The van der Waals surface area contributed by atoms with E-state index >= 15 is 0 Å². The van der Waals surface area contributed by atoms with Gasteiger partial charge in [-0.3, -0.25) is 4.79 Å². The molecule has 6 heteroatoms. The van der Waals surface area contributed by atoms with Crippen molar-refractivity contribution in [2.24, 2.45) is 0 Å². The van der Waals surface area contributed by atoms with Crippen LogP contribution in [0.25, 0.3) is 22.0 Å². The maximum atomic E-state index is 10.7. The van der Waals surface area contributed by atoms with Crippen molar-refractivity contribution >= 4 is 34.8 Å². The van der Waals surface area contributed by atoms with Crippen LogP contribution in [-0.2, 0) is 4.79 Å². The Morgan fingerprint density at radius 1 is 1.00 bits per heavy atom. The summed E-state index contributed by atoms with van der Waals surface area (Å²) in [5.74, 6) is 1.08. The van der Waals surface area contributed by atoms with Crippen molar-refractivity contribution in [2.45, 2.75) is 38.1 Å². The van der Waals surface area contributed by atoms with Gasteiger partial charge in [0.2, 0.25) is 12.4 Å². The number of anilines is 3. The molecule has 1 aromatic heterocycles. The van der Waals surface area contributed by atoms with Crippen LogP contribution in [0.3, 0.4) is 0 Å². The van der Waals surface area contributed by atoms with Gasteiger partial charge < -0.3 is 16.4 Å². The number of nitrogens with one attached hydrogen (secondary N) is 2. The normalized spacial score (nSPS) is 14.8. The minimum absolute atomic E-state index is 0.283. The lowest BCUT2D eigenvalue weighted by molar-refractivity contribution is -0.105. The fourth-order valence-electron chi connectivity index (χ4n) is 3.73. The molecule has 4 rings (SSSR count). The molecule has 1 fully saturated rings. The molecule has 1 saturated carbocycles. The maximum Gasteiger partial charge on any atom is 0.222 e. The molecule has 1 aliphatic carbocycles. The molecular weight excluding hydrogens is 338 g/mol. The molecular formula is C21H23N5O. The van der Waals surface area contributed by atoms with E-state index in [4.69, 9.17) is 5.73 Å². The van der Waals surface area contributed by atoms with Gasteiger partial charge in [-0.2, -0.15) is 4.98 Å². The van der Waals surface area contributed by atoms with Crippen molar-refractivity contribution in [3.8, 4) is 11.1 Å². The summed E-state index contributed by atoms with van der Waals surface area (Å²) >= 11 is 0. The van der Waals surface area contributed by atoms with E-state index < -0.39 is 0 Å². The Morgan fingerprint density at radius 3 is 2.63 bits per heavy atom. The van der Waals surface area contributed by atoms with Crippen molar-refractivity contribution < 1.29 is 4.79 Å². The van der Waals surface area contributed by atoms with Crippen molar-refractivity contribution in [3.63, 3.8) is 0 Å². The Balaban J connectivity index is 1.73. The summed E-state index contributed by atoms with van der Waals surface area (Å²) in [5, 5.41) is 7.24. The van der Waals surface area contributed by atoms with Crippen LogP contribution in [0.5, 0.6) is 0 Å². The van der Waals surface area contributed by atoms with Crippen molar-refractivity contribution in [1.29, 1.82) is 0 Å². The maximum absolute atomic E-state index is 10.7. The van der Waals surface area contributed by atoms with E-state index in [1.165, 1.54) is 19.3 Å². The first-order valence-electron chi connectivity index (χ1n) is 9.37. The van der Waals surface area contributed by atoms with Gasteiger partial charge in [0, 0.05) is 17.1 Å². The number of rotatable bonds is 5. The summed E-state index contributed by atoms with van der Waals surface area (Å²) in [6.07, 6.45) is 6.80. The molecule has 6 nitrogen and oxygen atoms in total. The van der Waals surface area contributed by atoms with Crippen LogP contribution in [0.15, 0.2) is 42.5 Å². The number of aromatic nitrogens is 2. The third-order valence-corrected chi connectivity index (χ3v) is 5.08. The monoisotopic (exact) mass is 361 g/mol. The molecule has 27 heavy (non-hydrogen) atoms. The number of benzene rings is 2. The van der Waals surface area contributed by atoms with Crippen LogP contribution in [0, 0.1) is 0 Å². The molecule has 1 aliphatic rings. The third kappa shape index (κ3) is 3.84. The molecule has 1 heterocycles. The Morgan fingerprint density at radius 2 is 1.81 bits per heavy atom. The Kier molecular flexibility index (Phi) is 4.87. The van der Waals surface area contributed by atoms with E-state index in [0.29, 0.717) is 12.5 Å². The second-order valence-corrected chi connectivity index (χ2v) is 6.98. The van der Waals surface area contributed by atoms with E-state index in [9.17, 15) is 4.79 Å². The van der Waals surface area contributed by atoms with Gasteiger partial charge in [0.1, 0.15) is 5.82 Å². The van der Waals surface area contributed by atoms with Crippen molar-refractivity contribution in [1.82, 2.24) is 9.97 Å². The largest absolute Gasteiger partial charge is 0.368 e. The average molecular weight is 361 g/mol. The van der Waals surface area contributed by atoms with Crippen molar-refractivity contribution in [2.75, 3.05) is 16.4 Å². The molecule has 0 aliphatic heterocycles. The van der Waals surface area contributed by atoms with E-state index in [1.54, 1.807) is 0 Å². The highest BCUT2D eigenvalue weighted by molar-refractivity contribution is 5.93. The number of nitrogens with two attached hydrogens (primary N) is 1. The topological polar surface area (TPSA) is 92.9 Å². The van der Waals surface area contributed by atoms with Crippen LogP contribution >= 0.6 is 0 Å². The first-order valence-corrected chi connectivity index (χ1v) is 9.37. The van der Waals surface area contributed by atoms with E-state index in [0.717, 1.165) is 46.4 Å². The van der Waals surface area contributed by atoms with Gasteiger partial charge in [0.05, 0.1) is 5.52 Å². The zero-order chi connectivity index (χ0) is 18.6. The van der Waals surface area contributed by atoms with E-state index in [2.05, 4.69) is 26.7 Å². The molecule has 1 amide bonds. The van der Waals surface area contributed by atoms with Crippen LogP contribution in [-0.4, -0.2) is 22.4 Å². The molecule has 0 saturated heterocycles. The zero-order valence-corrected chi connectivity index (χ0v) is 15.1. The minimum atomic E-state index is 0.283. The number of hydrogen-bond acceptors (Lipinski definition) is 5. The van der Waals surface area contributed by atoms with Crippen LogP contribution < -0.4 is 16.4 Å². The Bertz CT molecular complexity index is 966. The van der Waals surface area contributed by atoms with Gasteiger partial charge in [0.25, 0.3) is 0 Å². The first kappa shape index (κ1) is 17.3. The highest BCUT2D eigenvalue weighted by Gasteiger charge is 2.16. The fourth-order valence-corrected chi connectivity index (χ4v) is 3.73. The third-order valence-electron chi connectivity index (χ3n) is 5.08. The predicted molar refractivity (Wildman–Crippen MR) is 110 cm³/mol. The van der Waals surface area contributed by atoms with Crippen LogP contribution in [0.4, 0.5) is 17.5 Å². The van der Waals surface area contributed by atoms with Gasteiger partial charge >= 0.3 is 0 Å². The van der Waals surface area contributed by atoms with Gasteiger partial charge in [-0.25, -0.2) is 4.98 Å². The molecule has 0 unspecified atom stereocenters.